The van der Waals surface area contributed by atoms with E-state index in [1.54, 1.807) is 26.1 Å². The number of β-amino-alcohol motifs (C(OH)–C–C–N with tert-alkyl or cyclic N) is 1. The summed E-state index contributed by atoms with van der Waals surface area (Å²) in [5, 5.41) is 10.2. The van der Waals surface area contributed by atoms with Gasteiger partial charge in [0.25, 0.3) is 0 Å². The van der Waals surface area contributed by atoms with Crippen LogP contribution in [0.5, 0.6) is 0 Å². The zero-order valence-electron chi connectivity index (χ0n) is 11.9. The SMILES string of the molecule is CCOC(=O)c1ccnc(N2CCCC(C)(O)C2)c1N. The fourth-order valence-electron chi connectivity index (χ4n) is 2.50. The topological polar surface area (TPSA) is 88.7 Å². The molecule has 0 saturated carbocycles. The van der Waals surface area contributed by atoms with Crippen molar-refractivity contribution in [3.8, 4) is 0 Å². The monoisotopic (exact) mass is 279 g/mol. The van der Waals surface area contributed by atoms with E-state index in [2.05, 4.69) is 4.98 Å². The molecule has 20 heavy (non-hydrogen) atoms. The number of nitrogen functional groups attached to an aromatic ring is 1. The summed E-state index contributed by atoms with van der Waals surface area (Å²) in [7, 11) is 0. The van der Waals surface area contributed by atoms with Crippen molar-refractivity contribution in [1.82, 2.24) is 4.98 Å². The zero-order valence-corrected chi connectivity index (χ0v) is 11.9. The lowest BCUT2D eigenvalue weighted by atomic mass is 9.95. The van der Waals surface area contributed by atoms with Crippen molar-refractivity contribution in [2.24, 2.45) is 0 Å². The van der Waals surface area contributed by atoms with Gasteiger partial charge in [0.1, 0.15) is 0 Å². The average Bonchev–Trinajstić information content (AvgIpc) is 2.38. The summed E-state index contributed by atoms with van der Waals surface area (Å²) < 4.78 is 4.98. The van der Waals surface area contributed by atoms with Crippen LogP contribution in [0, 0.1) is 0 Å². The third-order valence-corrected chi connectivity index (χ3v) is 3.44. The van der Waals surface area contributed by atoms with Crippen molar-refractivity contribution < 1.29 is 14.6 Å². The summed E-state index contributed by atoms with van der Waals surface area (Å²) in [4.78, 5) is 18.0. The van der Waals surface area contributed by atoms with Gasteiger partial charge in [0, 0.05) is 19.3 Å². The molecule has 0 radical (unpaired) electrons. The molecule has 1 unspecified atom stereocenters. The third kappa shape index (κ3) is 3.01. The fraction of sp³-hybridized carbons (Fsp3) is 0.571. The van der Waals surface area contributed by atoms with Gasteiger partial charge in [-0.1, -0.05) is 0 Å². The Morgan fingerprint density at radius 3 is 3.05 bits per heavy atom. The molecule has 0 aliphatic carbocycles. The normalized spacial score (nSPS) is 22.6. The Kier molecular flexibility index (Phi) is 4.13. The maximum absolute atomic E-state index is 11.8. The molecule has 1 aliphatic heterocycles. The van der Waals surface area contributed by atoms with Crippen molar-refractivity contribution in [3.63, 3.8) is 0 Å². The van der Waals surface area contributed by atoms with Crippen LogP contribution in [-0.4, -0.2) is 41.4 Å². The number of aromatic nitrogens is 1. The van der Waals surface area contributed by atoms with E-state index < -0.39 is 11.6 Å². The largest absolute Gasteiger partial charge is 0.462 e. The van der Waals surface area contributed by atoms with Gasteiger partial charge >= 0.3 is 5.97 Å². The van der Waals surface area contributed by atoms with Crippen molar-refractivity contribution in [1.29, 1.82) is 0 Å². The number of hydrogen-bond donors (Lipinski definition) is 2. The van der Waals surface area contributed by atoms with E-state index in [9.17, 15) is 9.90 Å². The maximum atomic E-state index is 11.8. The van der Waals surface area contributed by atoms with Gasteiger partial charge in [-0.3, -0.25) is 0 Å². The molecule has 0 aromatic carbocycles. The minimum Gasteiger partial charge on any atom is -0.462 e. The first-order valence-electron chi connectivity index (χ1n) is 6.83. The third-order valence-electron chi connectivity index (χ3n) is 3.44. The molecule has 3 N–H and O–H groups in total. The van der Waals surface area contributed by atoms with Crippen LogP contribution in [0.2, 0.25) is 0 Å². The van der Waals surface area contributed by atoms with E-state index in [1.807, 2.05) is 4.90 Å². The van der Waals surface area contributed by atoms with E-state index in [1.165, 1.54) is 0 Å². The van der Waals surface area contributed by atoms with Crippen LogP contribution in [0.1, 0.15) is 37.0 Å². The number of nitrogens with two attached hydrogens (primary N) is 1. The van der Waals surface area contributed by atoms with E-state index in [-0.39, 0.29) is 0 Å². The molecule has 1 fully saturated rings. The van der Waals surface area contributed by atoms with E-state index >= 15 is 0 Å². The van der Waals surface area contributed by atoms with Crippen LogP contribution >= 0.6 is 0 Å². The number of rotatable bonds is 3. The summed E-state index contributed by atoms with van der Waals surface area (Å²) in [6, 6.07) is 1.55. The van der Waals surface area contributed by atoms with Crippen molar-refractivity contribution in [2.75, 3.05) is 30.3 Å². The molecule has 1 aromatic heterocycles. The van der Waals surface area contributed by atoms with Crippen LogP contribution in [0.15, 0.2) is 12.3 Å². The van der Waals surface area contributed by atoms with Gasteiger partial charge in [0.05, 0.1) is 23.5 Å². The molecule has 6 heteroatoms. The second-order valence-corrected chi connectivity index (χ2v) is 5.34. The summed E-state index contributed by atoms with van der Waals surface area (Å²) in [5.74, 6) is 0.0907. The molecule has 1 aliphatic rings. The quantitative estimate of drug-likeness (QED) is 0.808. The fourth-order valence-corrected chi connectivity index (χ4v) is 2.50. The highest BCUT2D eigenvalue weighted by atomic mass is 16.5. The predicted molar refractivity (Wildman–Crippen MR) is 76.7 cm³/mol. The second-order valence-electron chi connectivity index (χ2n) is 5.34. The highest BCUT2D eigenvalue weighted by molar-refractivity contribution is 5.97. The Labute approximate surface area is 118 Å². The van der Waals surface area contributed by atoms with Gasteiger partial charge in [-0.25, -0.2) is 9.78 Å². The molecular weight excluding hydrogens is 258 g/mol. The lowest BCUT2D eigenvalue weighted by Gasteiger charge is -2.38. The molecule has 0 bridgehead atoms. The number of piperidine rings is 1. The number of nitrogens with zero attached hydrogens (tertiary/aromatic N) is 2. The van der Waals surface area contributed by atoms with Crippen LogP contribution in [0.3, 0.4) is 0 Å². The highest BCUT2D eigenvalue weighted by Crippen LogP contribution is 2.30. The van der Waals surface area contributed by atoms with Crippen LogP contribution < -0.4 is 10.6 Å². The molecule has 2 heterocycles. The standard InChI is InChI=1S/C14H21N3O3/c1-3-20-13(18)10-5-7-16-12(11(10)15)17-8-4-6-14(2,19)9-17/h5,7,19H,3-4,6,8-9,15H2,1-2H3. The number of carbonyl (C=O) groups is 1. The summed E-state index contributed by atoms with van der Waals surface area (Å²) in [6.45, 7) is 5.06. The summed E-state index contributed by atoms with van der Waals surface area (Å²) in [5.41, 5.74) is 5.92. The van der Waals surface area contributed by atoms with E-state index in [0.29, 0.717) is 30.2 Å². The number of carbonyl (C=O) groups excluding carboxylic acids is 1. The predicted octanol–water partition coefficient (Wildman–Crippen LogP) is 1.19. The lowest BCUT2D eigenvalue weighted by molar-refractivity contribution is 0.0447. The minimum absolute atomic E-state index is 0.300. The Hall–Kier alpha value is -1.82. The van der Waals surface area contributed by atoms with Gasteiger partial charge < -0.3 is 20.5 Å². The average molecular weight is 279 g/mol. The molecule has 1 atom stereocenters. The van der Waals surface area contributed by atoms with Crippen LogP contribution in [0.25, 0.3) is 0 Å². The van der Waals surface area contributed by atoms with Gasteiger partial charge in [-0.05, 0) is 32.8 Å². The van der Waals surface area contributed by atoms with Gasteiger partial charge in [0.2, 0.25) is 0 Å². The number of pyridine rings is 1. The minimum atomic E-state index is -0.758. The molecule has 110 valence electrons. The first kappa shape index (κ1) is 14.6. The maximum Gasteiger partial charge on any atom is 0.340 e. The second kappa shape index (κ2) is 5.66. The van der Waals surface area contributed by atoms with Crippen molar-refractivity contribution >= 4 is 17.5 Å². The Bertz CT molecular complexity index is 502. The highest BCUT2D eigenvalue weighted by Gasteiger charge is 2.30. The van der Waals surface area contributed by atoms with Crippen molar-refractivity contribution in [2.45, 2.75) is 32.3 Å². The Morgan fingerprint density at radius 2 is 2.40 bits per heavy atom. The molecule has 1 saturated heterocycles. The van der Waals surface area contributed by atoms with Gasteiger partial charge in [-0.2, -0.15) is 0 Å². The van der Waals surface area contributed by atoms with Gasteiger partial charge in [-0.15, -0.1) is 0 Å². The summed E-state index contributed by atoms with van der Waals surface area (Å²) >= 11 is 0. The number of esters is 1. The number of anilines is 2. The summed E-state index contributed by atoms with van der Waals surface area (Å²) in [6.07, 6.45) is 3.15. The van der Waals surface area contributed by atoms with Crippen LogP contribution in [0.4, 0.5) is 11.5 Å². The molecule has 0 amide bonds. The molecular formula is C14H21N3O3. The smallest absolute Gasteiger partial charge is 0.340 e. The molecule has 0 spiro atoms. The molecule has 2 rings (SSSR count). The molecule has 6 nitrogen and oxygen atoms in total. The number of ether oxygens (including phenoxy) is 1. The van der Waals surface area contributed by atoms with E-state index in [0.717, 1.165) is 19.4 Å². The Morgan fingerprint density at radius 1 is 1.65 bits per heavy atom. The number of hydrogen-bond acceptors (Lipinski definition) is 6. The first-order valence-corrected chi connectivity index (χ1v) is 6.83. The first-order chi connectivity index (χ1) is 9.44. The lowest BCUT2D eigenvalue weighted by Crippen LogP contribution is -2.46. The zero-order chi connectivity index (χ0) is 14.8. The Balaban J connectivity index is 2.28. The van der Waals surface area contributed by atoms with E-state index in [4.69, 9.17) is 10.5 Å². The molecule has 1 aromatic rings. The van der Waals surface area contributed by atoms with Gasteiger partial charge in [0.15, 0.2) is 5.82 Å². The van der Waals surface area contributed by atoms with Crippen LogP contribution in [-0.2, 0) is 4.74 Å². The number of aliphatic hydroxyl groups is 1. The van der Waals surface area contributed by atoms with Crippen molar-refractivity contribution in [3.05, 3.63) is 17.8 Å².